The molecule has 0 radical (unpaired) electrons. The normalized spacial score (nSPS) is 12.3. The van der Waals surface area contributed by atoms with Crippen molar-refractivity contribution in [3.8, 4) is 0 Å². The number of anilines is 1. The Kier molecular flexibility index (Phi) is 4.86. The molecule has 118 valence electrons. The van der Waals surface area contributed by atoms with Crippen LogP contribution in [-0.4, -0.2) is 35.3 Å². The SMILES string of the molecule is CCN(CC(F)(F)F)c1cc(C(=O)O)cc(C(C)(C)C)n1. The number of nitrogens with zero attached hydrogens (tertiary/aromatic N) is 2. The van der Waals surface area contributed by atoms with Gasteiger partial charge in [0.2, 0.25) is 0 Å². The smallest absolute Gasteiger partial charge is 0.405 e. The number of alkyl halides is 3. The second kappa shape index (κ2) is 5.91. The van der Waals surface area contributed by atoms with Gasteiger partial charge in [0.05, 0.1) is 5.56 Å². The lowest BCUT2D eigenvalue weighted by Crippen LogP contribution is -2.35. The van der Waals surface area contributed by atoms with E-state index in [9.17, 15) is 18.0 Å². The van der Waals surface area contributed by atoms with Gasteiger partial charge in [0.15, 0.2) is 0 Å². The van der Waals surface area contributed by atoms with Crippen LogP contribution in [0.15, 0.2) is 12.1 Å². The number of pyridine rings is 1. The Morgan fingerprint density at radius 3 is 2.24 bits per heavy atom. The van der Waals surface area contributed by atoms with E-state index in [1.54, 1.807) is 6.92 Å². The van der Waals surface area contributed by atoms with Crippen LogP contribution in [0.5, 0.6) is 0 Å². The summed E-state index contributed by atoms with van der Waals surface area (Å²) in [6.07, 6.45) is -4.38. The third-order valence-electron chi connectivity index (χ3n) is 2.90. The van der Waals surface area contributed by atoms with Crippen molar-refractivity contribution in [2.24, 2.45) is 0 Å². The number of carboxylic acids is 1. The summed E-state index contributed by atoms with van der Waals surface area (Å²) in [5.74, 6) is -1.16. The van der Waals surface area contributed by atoms with E-state index in [0.717, 1.165) is 4.90 Å². The molecule has 0 fully saturated rings. The van der Waals surface area contributed by atoms with Crippen LogP contribution >= 0.6 is 0 Å². The molecule has 0 bridgehead atoms. The number of rotatable bonds is 4. The van der Waals surface area contributed by atoms with Gasteiger partial charge in [-0.1, -0.05) is 20.8 Å². The van der Waals surface area contributed by atoms with Crippen molar-refractivity contribution in [3.05, 3.63) is 23.4 Å². The molecule has 0 aromatic carbocycles. The van der Waals surface area contributed by atoms with Crippen molar-refractivity contribution >= 4 is 11.8 Å². The predicted molar refractivity (Wildman–Crippen MR) is 73.8 cm³/mol. The van der Waals surface area contributed by atoms with Crippen LogP contribution in [0, 0.1) is 0 Å². The molecule has 1 aromatic rings. The van der Waals surface area contributed by atoms with Gasteiger partial charge < -0.3 is 10.0 Å². The summed E-state index contributed by atoms with van der Waals surface area (Å²) in [5, 5.41) is 9.12. The molecule has 0 saturated heterocycles. The minimum absolute atomic E-state index is 0.0275. The van der Waals surface area contributed by atoms with Crippen LogP contribution in [0.4, 0.5) is 19.0 Å². The monoisotopic (exact) mass is 304 g/mol. The highest BCUT2D eigenvalue weighted by Gasteiger charge is 2.31. The van der Waals surface area contributed by atoms with Gasteiger partial charge >= 0.3 is 12.1 Å². The van der Waals surface area contributed by atoms with Crippen molar-refractivity contribution in [2.45, 2.75) is 39.3 Å². The van der Waals surface area contributed by atoms with Crippen molar-refractivity contribution < 1.29 is 23.1 Å². The molecule has 4 nitrogen and oxygen atoms in total. The molecule has 0 saturated carbocycles. The first kappa shape index (κ1) is 17.3. The fourth-order valence-electron chi connectivity index (χ4n) is 1.76. The van der Waals surface area contributed by atoms with Crippen LogP contribution in [0.2, 0.25) is 0 Å². The average molecular weight is 304 g/mol. The Hall–Kier alpha value is -1.79. The molecule has 1 aromatic heterocycles. The van der Waals surface area contributed by atoms with E-state index >= 15 is 0 Å². The molecule has 7 heteroatoms. The maximum absolute atomic E-state index is 12.6. The average Bonchev–Trinajstić information content (AvgIpc) is 2.33. The minimum atomic E-state index is -4.38. The summed E-state index contributed by atoms with van der Waals surface area (Å²) in [5.41, 5.74) is -0.0822. The first-order valence-corrected chi connectivity index (χ1v) is 6.51. The number of hydrogen-bond donors (Lipinski definition) is 1. The maximum atomic E-state index is 12.6. The molecule has 0 aliphatic heterocycles. The van der Waals surface area contributed by atoms with Gasteiger partial charge in [-0.15, -0.1) is 0 Å². The maximum Gasteiger partial charge on any atom is 0.405 e. The van der Waals surface area contributed by atoms with Gasteiger partial charge in [-0.3, -0.25) is 0 Å². The van der Waals surface area contributed by atoms with Gasteiger partial charge in [-0.25, -0.2) is 9.78 Å². The van der Waals surface area contributed by atoms with E-state index < -0.39 is 24.1 Å². The highest BCUT2D eigenvalue weighted by atomic mass is 19.4. The first-order chi connectivity index (χ1) is 9.44. The van der Waals surface area contributed by atoms with Crippen molar-refractivity contribution in [3.63, 3.8) is 0 Å². The number of aromatic carboxylic acids is 1. The molecule has 1 rings (SSSR count). The Morgan fingerprint density at radius 2 is 1.86 bits per heavy atom. The van der Waals surface area contributed by atoms with Crippen molar-refractivity contribution in [1.29, 1.82) is 0 Å². The molecular weight excluding hydrogens is 285 g/mol. The number of carboxylic acid groups (broad SMARTS) is 1. The lowest BCUT2D eigenvalue weighted by atomic mass is 9.90. The van der Waals surface area contributed by atoms with E-state index in [4.69, 9.17) is 5.11 Å². The van der Waals surface area contributed by atoms with Crippen LogP contribution in [0.3, 0.4) is 0 Å². The Balaban J connectivity index is 3.33. The molecule has 0 aliphatic rings. The molecule has 0 aliphatic carbocycles. The Bertz CT molecular complexity index is 522. The highest BCUT2D eigenvalue weighted by molar-refractivity contribution is 5.88. The molecule has 0 amide bonds. The zero-order valence-corrected chi connectivity index (χ0v) is 12.5. The summed E-state index contributed by atoms with van der Waals surface area (Å²) in [6, 6.07) is 2.57. The van der Waals surface area contributed by atoms with Crippen molar-refractivity contribution in [2.75, 3.05) is 18.0 Å². The van der Waals surface area contributed by atoms with Gasteiger partial charge in [0.25, 0.3) is 0 Å². The van der Waals surface area contributed by atoms with E-state index in [0.29, 0.717) is 5.69 Å². The number of halogens is 3. The topological polar surface area (TPSA) is 53.4 Å². The molecule has 0 unspecified atom stereocenters. The van der Waals surface area contributed by atoms with Gasteiger partial charge in [0.1, 0.15) is 12.4 Å². The molecule has 0 atom stereocenters. The quantitative estimate of drug-likeness (QED) is 0.925. The van der Waals surface area contributed by atoms with E-state index in [-0.39, 0.29) is 17.9 Å². The largest absolute Gasteiger partial charge is 0.478 e. The van der Waals surface area contributed by atoms with Crippen LogP contribution in [0.1, 0.15) is 43.7 Å². The molecule has 1 N–H and O–H groups in total. The standard InChI is InChI=1S/C14H19F3N2O2/c1-5-19(8-14(15,16)17)11-7-9(12(20)21)6-10(18-11)13(2,3)4/h6-7H,5,8H2,1-4H3,(H,20,21). The Morgan fingerprint density at radius 1 is 1.29 bits per heavy atom. The predicted octanol–water partition coefficient (Wildman–Crippen LogP) is 3.47. The van der Waals surface area contributed by atoms with Gasteiger partial charge in [-0.05, 0) is 19.1 Å². The van der Waals surface area contributed by atoms with Crippen LogP contribution < -0.4 is 4.90 Å². The number of carbonyl (C=O) groups is 1. The van der Waals surface area contributed by atoms with Crippen molar-refractivity contribution in [1.82, 2.24) is 4.98 Å². The third-order valence-corrected chi connectivity index (χ3v) is 2.90. The lowest BCUT2D eigenvalue weighted by molar-refractivity contribution is -0.119. The zero-order valence-electron chi connectivity index (χ0n) is 12.5. The summed E-state index contributed by atoms with van der Waals surface area (Å²) in [6.45, 7) is 5.96. The summed E-state index contributed by atoms with van der Waals surface area (Å²) in [7, 11) is 0. The molecule has 0 spiro atoms. The van der Waals surface area contributed by atoms with Gasteiger partial charge in [-0.2, -0.15) is 13.2 Å². The summed E-state index contributed by atoms with van der Waals surface area (Å²) < 4.78 is 37.8. The van der Waals surface area contributed by atoms with E-state index in [1.165, 1.54) is 12.1 Å². The number of hydrogen-bond acceptors (Lipinski definition) is 3. The van der Waals surface area contributed by atoms with E-state index in [1.807, 2.05) is 20.8 Å². The summed E-state index contributed by atoms with van der Waals surface area (Å²) >= 11 is 0. The van der Waals surface area contributed by atoms with E-state index in [2.05, 4.69) is 4.98 Å². The second-order valence-corrected chi connectivity index (χ2v) is 5.78. The minimum Gasteiger partial charge on any atom is -0.478 e. The lowest BCUT2D eigenvalue weighted by Gasteiger charge is -2.26. The fourth-order valence-corrected chi connectivity index (χ4v) is 1.76. The molecular formula is C14H19F3N2O2. The Labute approximate surface area is 121 Å². The van der Waals surface area contributed by atoms with Crippen LogP contribution in [0.25, 0.3) is 0 Å². The van der Waals surface area contributed by atoms with Crippen LogP contribution in [-0.2, 0) is 5.41 Å². The highest BCUT2D eigenvalue weighted by Crippen LogP contribution is 2.27. The fraction of sp³-hybridized carbons (Fsp3) is 0.571. The third kappa shape index (κ3) is 4.91. The first-order valence-electron chi connectivity index (χ1n) is 6.51. The second-order valence-electron chi connectivity index (χ2n) is 5.78. The zero-order chi connectivity index (χ0) is 16.4. The van der Waals surface area contributed by atoms with Gasteiger partial charge in [0, 0.05) is 17.7 Å². The molecule has 21 heavy (non-hydrogen) atoms. The summed E-state index contributed by atoms with van der Waals surface area (Å²) in [4.78, 5) is 16.4. The molecule has 1 heterocycles. The number of aromatic nitrogens is 1.